The monoisotopic (exact) mass is 579 g/mol. The van der Waals surface area contributed by atoms with Crippen LogP contribution in [0.5, 0.6) is 0 Å². The molecule has 3 rings (SSSR count). The lowest BCUT2D eigenvalue weighted by atomic mass is 9.99. The summed E-state index contributed by atoms with van der Waals surface area (Å²) in [6.07, 6.45) is 14.9. The number of nitrogens with one attached hydrogen (secondary N) is 1. The van der Waals surface area contributed by atoms with Crippen LogP contribution in [0.4, 0.5) is 10.6 Å². The predicted octanol–water partition coefficient (Wildman–Crippen LogP) is 4.14. The Labute approximate surface area is 238 Å². The maximum atomic E-state index is 12.3. The molecule has 0 saturated carbocycles. The Morgan fingerprint density at radius 2 is 1.85 bits per heavy atom. The van der Waals surface area contributed by atoms with Crippen molar-refractivity contribution in [3.63, 3.8) is 0 Å². The SMILES string of the molecule is C#C[C@]1(CO)O[C@@H](n2cnc3c(NC(=O)OCCOC(=O)CCCCCCCCCCC)nc(Cl)nc32)C[C@@H]1O. The minimum Gasteiger partial charge on any atom is -0.462 e. The molecule has 2 aromatic rings. The molecule has 1 aliphatic heterocycles. The third-order valence-electron chi connectivity index (χ3n) is 6.78. The largest absolute Gasteiger partial charge is 0.462 e. The third kappa shape index (κ3) is 8.51. The zero-order valence-electron chi connectivity index (χ0n) is 22.8. The average Bonchev–Trinajstić information content (AvgIpc) is 3.51. The molecule has 1 aliphatic rings. The molecule has 1 fully saturated rings. The second-order valence-corrected chi connectivity index (χ2v) is 10.1. The van der Waals surface area contributed by atoms with Gasteiger partial charge in [-0.1, -0.05) is 64.2 Å². The van der Waals surface area contributed by atoms with Crippen LogP contribution >= 0.6 is 11.6 Å². The average molecular weight is 580 g/mol. The van der Waals surface area contributed by atoms with Crippen molar-refractivity contribution in [2.24, 2.45) is 0 Å². The first-order valence-electron chi connectivity index (χ1n) is 13.8. The lowest BCUT2D eigenvalue weighted by Gasteiger charge is -2.23. The van der Waals surface area contributed by atoms with Crippen molar-refractivity contribution in [1.29, 1.82) is 0 Å². The van der Waals surface area contributed by atoms with Crippen LogP contribution in [-0.2, 0) is 19.0 Å². The number of imidazole rings is 1. The maximum Gasteiger partial charge on any atom is 0.412 e. The fourth-order valence-corrected chi connectivity index (χ4v) is 4.67. The van der Waals surface area contributed by atoms with Crippen LogP contribution < -0.4 is 5.32 Å². The highest BCUT2D eigenvalue weighted by molar-refractivity contribution is 6.28. The van der Waals surface area contributed by atoms with E-state index in [1.165, 1.54) is 49.4 Å². The summed E-state index contributed by atoms with van der Waals surface area (Å²) in [5.41, 5.74) is -1.15. The number of anilines is 1. The Bertz CT molecular complexity index is 1170. The van der Waals surface area contributed by atoms with Crippen LogP contribution in [0.15, 0.2) is 6.33 Å². The van der Waals surface area contributed by atoms with E-state index in [1.807, 2.05) is 0 Å². The topological polar surface area (TPSA) is 158 Å². The number of nitrogens with zero attached hydrogens (tertiary/aromatic N) is 4. The Morgan fingerprint density at radius 3 is 2.50 bits per heavy atom. The number of unbranched alkanes of at least 4 members (excludes halogenated alkanes) is 8. The molecular formula is C27H38ClN5O7. The van der Waals surface area contributed by atoms with E-state index < -0.39 is 30.6 Å². The number of hydrogen-bond donors (Lipinski definition) is 3. The fraction of sp³-hybridized carbons (Fsp3) is 0.667. The van der Waals surface area contributed by atoms with Gasteiger partial charge in [-0.2, -0.15) is 9.97 Å². The molecule has 0 spiro atoms. The summed E-state index contributed by atoms with van der Waals surface area (Å²) in [5.74, 6) is 1.97. The number of rotatable bonds is 16. The van der Waals surface area contributed by atoms with Gasteiger partial charge in [0.2, 0.25) is 5.28 Å². The third-order valence-corrected chi connectivity index (χ3v) is 6.95. The van der Waals surface area contributed by atoms with Gasteiger partial charge in [0, 0.05) is 12.8 Å². The van der Waals surface area contributed by atoms with E-state index in [4.69, 9.17) is 32.2 Å². The van der Waals surface area contributed by atoms with Crippen molar-refractivity contribution >= 4 is 40.6 Å². The number of fused-ring (bicyclic) bond motifs is 1. The number of halogens is 1. The second-order valence-electron chi connectivity index (χ2n) is 9.74. The van der Waals surface area contributed by atoms with Gasteiger partial charge in [0.05, 0.1) is 12.9 Å². The Hall–Kier alpha value is -2.98. The van der Waals surface area contributed by atoms with Crippen LogP contribution in [0.2, 0.25) is 5.28 Å². The number of ether oxygens (including phenoxy) is 3. The van der Waals surface area contributed by atoms with Crippen molar-refractivity contribution in [2.75, 3.05) is 25.1 Å². The highest BCUT2D eigenvalue weighted by Crippen LogP contribution is 2.38. The van der Waals surface area contributed by atoms with Crippen molar-refractivity contribution < 1.29 is 34.0 Å². The molecule has 2 aromatic heterocycles. The minimum absolute atomic E-state index is 0.00924. The number of aromatic nitrogens is 4. The van der Waals surface area contributed by atoms with E-state index >= 15 is 0 Å². The summed E-state index contributed by atoms with van der Waals surface area (Å²) in [6, 6.07) is 0. The molecule has 3 N–H and O–H groups in total. The van der Waals surface area contributed by atoms with Gasteiger partial charge in [0.15, 0.2) is 22.6 Å². The van der Waals surface area contributed by atoms with Gasteiger partial charge in [-0.25, -0.2) is 9.78 Å². The van der Waals surface area contributed by atoms with Crippen molar-refractivity contribution in [2.45, 2.75) is 95.5 Å². The molecule has 0 radical (unpaired) electrons. The molecular weight excluding hydrogens is 542 g/mol. The van der Waals surface area contributed by atoms with E-state index in [0.717, 1.165) is 19.3 Å². The van der Waals surface area contributed by atoms with Crippen LogP contribution in [-0.4, -0.2) is 73.3 Å². The maximum absolute atomic E-state index is 12.3. The standard InChI is InChI=1S/C27H38ClN5O7/c1-3-5-6-7-8-9-10-11-12-13-21(36)38-14-15-39-26(37)31-23-22-24(32-25(28)30-23)33(18-29-22)20-16-19(35)27(4-2,17-34)40-20/h2,18-20,34-35H,3,5-17H2,1H3,(H,30,31,32,37)/t19-,20+,27+/m0/s1. The summed E-state index contributed by atoms with van der Waals surface area (Å²) in [5, 5.41) is 22.2. The van der Waals surface area contributed by atoms with Crippen molar-refractivity contribution in [3.8, 4) is 12.3 Å². The van der Waals surface area contributed by atoms with Gasteiger partial charge in [-0.3, -0.25) is 14.7 Å². The number of aliphatic hydroxyl groups excluding tert-OH is 2. The van der Waals surface area contributed by atoms with E-state index in [1.54, 1.807) is 0 Å². The van der Waals surface area contributed by atoms with Crippen LogP contribution in [0.25, 0.3) is 11.2 Å². The van der Waals surface area contributed by atoms with Crippen molar-refractivity contribution in [1.82, 2.24) is 19.5 Å². The molecule has 13 heteroatoms. The van der Waals surface area contributed by atoms with Crippen molar-refractivity contribution in [3.05, 3.63) is 11.6 Å². The number of aliphatic hydroxyl groups is 2. The zero-order valence-corrected chi connectivity index (χ0v) is 23.6. The van der Waals surface area contributed by atoms with Gasteiger partial charge in [0.1, 0.15) is 25.5 Å². The second kappa shape index (κ2) is 15.7. The number of amides is 1. The molecule has 0 unspecified atom stereocenters. The Balaban J connectivity index is 1.41. The summed E-state index contributed by atoms with van der Waals surface area (Å²) in [4.78, 5) is 36.6. The number of carbonyl (C=O) groups excluding carboxylic acids is 2. The molecule has 3 atom stereocenters. The summed E-state index contributed by atoms with van der Waals surface area (Å²) in [6.45, 7) is 1.42. The first-order chi connectivity index (χ1) is 19.3. The predicted molar refractivity (Wildman–Crippen MR) is 148 cm³/mol. The molecule has 0 aliphatic carbocycles. The van der Waals surface area contributed by atoms with Crippen LogP contribution in [0, 0.1) is 12.3 Å². The van der Waals surface area contributed by atoms with Gasteiger partial charge < -0.3 is 24.4 Å². The van der Waals surface area contributed by atoms with Crippen LogP contribution in [0.1, 0.15) is 83.8 Å². The van der Waals surface area contributed by atoms with Gasteiger partial charge >= 0.3 is 12.1 Å². The van der Waals surface area contributed by atoms with Gasteiger partial charge in [-0.05, 0) is 18.0 Å². The highest BCUT2D eigenvalue weighted by atomic mass is 35.5. The Morgan fingerprint density at radius 1 is 1.18 bits per heavy atom. The number of terminal acetylenes is 1. The Kier molecular flexibility index (Phi) is 12.4. The molecule has 1 amide bonds. The van der Waals surface area contributed by atoms with E-state index in [2.05, 4.69) is 33.1 Å². The summed E-state index contributed by atoms with van der Waals surface area (Å²) < 4.78 is 17.4. The number of carbonyl (C=O) groups is 2. The molecule has 220 valence electrons. The highest BCUT2D eigenvalue weighted by Gasteiger charge is 2.47. The first kappa shape index (κ1) is 31.5. The first-order valence-corrected chi connectivity index (χ1v) is 14.1. The summed E-state index contributed by atoms with van der Waals surface area (Å²) in [7, 11) is 0. The lowest BCUT2D eigenvalue weighted by Crippen LogP contribution is -2.41. The molecule has 0 aromatic carbocycles. The quantitative estimate of drug-likeness (QED) is 0.114. The number of hydrogen-bond acceptors (Lipinski definition) is 10. The van der Waals surface area contributed by atoms with Crippen LogP contribution in [0.3, 0.4) is 0 Å². The fourth-order valence-electron chi connectivity index (χ4n) is 4.50. The van der Waals surface area contributed by atoms with E-state index in [9.17, 15) is 19.8 Å². The zero-order chi connectivity index (χ0) is 29.0. The smallest absolute Gasteiger partial charge is 0.412 e. The van der Waals surface area contributed by atoms with E-state index in [-0.39, 0.29) is 47.9 Å². The van der Waals surface area contributed by atoms with E-state index in [0.29, 0.717) is 6.42 Å². The molecule has 40 heavy (non-hydrogen) atoms. The van der Waals surface area contributed by atoms with Gasteiger partial charge in [0.25, 0.3) is 0 Å². The minimum atomic E-state index is -1.56. The number of esters is 1. The molecule has 0 bridgehead atoms. The lowest BCUT2D eigenvalue weighted by molar-refractivity contribution is -0.144. The normalized spacial score (nSPS) is 20.4. The molecule has 3 heterocycles. The molecule has 1 saturated heterocycles. The molecule has 12 nitrogen and oxygen atoms in total. The van der Waals surface area contributed by atoms with Gasteiger partial charge in [-0.15, -0.1) is 6.42 Å². The summed E-state index contributed by atoms with van der Waals surface area (Å²) >= 11 is 6.06.